The molecule has 0 heterocycles. The average molecular weight is 412 g/mol. The normalized spacial score (nSPS) is 10.3. The lowest BCUT2D eigenvalue weighted by atomic mass is 10.1. The number of halogens is 2. The Kier molecular flexibility index (Phi) is 7.04. The van der Waals surface area contributed by atoms with Crippen molar-refractivity contribution in [3.63, 3.8) is 0 Å². The second-order valence-electron chi connectivity index (χ2n) is 5.48. The molecule has 0 unspecified atom stereocenters. The minimum atomic E-state index is -1.29. The van der Waals surface area contributed by atoms with Crippen molar-refractivity contribution in [3.8, 4) is 5.75 Å². The molecule has 2 aromatic rings. The summed E-state index contributed by atoms with van der Waals surface area (Å²) in [4.78, 5) is 34.1. The van der Waals surface area contributed by atoms with Gasteiger partial charge in [-0.1, -0.05) is 23.2 Å². The third-order valence-electron chi connectivity index (χ3n) is 3.41. The van der Waals surface area contributed by atoms with Crippen molar-refractivity contribution < 1.29 is 29.3 Å². The molecule has 0 bridgehead atoms. The number of benzene rings is 2. The third kappa shape index (κ3) is 6.16. The molecule has 0 aliphatic heterocycles. The van der Waals surface area contributed by atoms with E-state index in [1.54, 1.807) is 18.2 Å². The van der Waals surface area contributed by atoms with Gasteiger partial charge in [-0.05, 0) is 42.8 Å². The Hall–Kier alpha value is -2.77. The summed E-state index contributed by atoms with van der Waals surface area (Å²) >= 11 is 11.8. The maximum Gasteiger partial charge on any atom is 0.335 e. The Morgan fingerprint density at radius 2 is 1.59 bits per heavy atom. The first-order chi connectivity index (χ1) is 12.8. The van der Waals surface area contributed by atoms with Crippen molar-refractivity contribution >= 4 is 46.7 Å². The van der Waals surface area contributed by atoms with Crippen LogP contribution in [0.3, 0.4) is 0 Å². The first kappa shape index (κ1) is 20.5. The minimum Gasteiger partial charge on any atom is -0.492 e. The summed E-state index contributed by atoms with van der Waals surface area (Å²) in [6.45, 7) is 0.227. The van der Waals surface area contributed by atoms with Crippen molar-refractivity contribution in [2.24, 2.45) is 0 Å². The van der Waals surface area contributed by atoms with E-state index in [2.05, 4.69) is 5.32 Å². The van der Waals surface area contributed by atoms with Crippen LogP contribution in [0.1, 0.15) is 33.6 Å². The fourth-order valence-electron chi connectivity index (χ4n) is 2.18. The van der Waals surface area contributed by atoms with E-state index in [4.69, 9.17) is 38.2 Å². The molecule has 0 saturated heterocycles. The number of rotatable bonds is 8. The molecule has 0 fully saturated rings. The van der Waals surface area contributed by atoms with Gasteiger partial charge in [0.15, 0.2) is 0 Å². The van der Waals surface area contributed by atoms with Crippen LogP contribution in [0.2, 0.25) is 10.0 Å². The van der Waals surface area contributed by atoms with E-state index in [-0.39, 0.29) is 29.8 Å². The van der Waals surface area contributed by atoms with Gasteiger partial charge in [0.25, 0.3) is 0 Å². The van der Waals surface area contributed by atoms with Crippen molar-refractivity contribution in [1.29, 1.82) is 0 Å². The number of nitrogens with one attached hydrogen (secondary N) is 1. The number of anilines is 1. The summed E-state index contributed by atoms with van der Waals surface area (Å²) in [6, 6.07) is 8.19. The number of aromatic carboxylic acids is 2. The van der Waals surface area contributed by atoms with Crippen molar-refractivity contribution in [2.75, 3.05) is 11.9 Å². The summed E-state index contributed by atoms with van der Waals surface area (Å²) in [5.74, 6) is -2.54. The number of carbonyl (C=O) groups is 3. The summed E-state index contributed by atoms with van der Waals surface area (Å²) < 4.78 is 5.47. The molecule has 0 radical (unpaired) electrons. The van der Waals surface area contributed by atoms with Crippen LogP contribution in [0, 0.1) is 0 Å². The minimum absolute atomic E-state index is 0.0882. The van der Waals surface area contributed by atoms with Crippen LogP contribution in [-0.4, -0.2) is 34.7 Å². The summed E-state index contributed by atoms with van der Waals surface area (Å²) in [7, 11) is 0. The highest BCUT2D eigenvalue weighted by molar-refractivity contribution is 6.35. The zero-order valence-electron chi connectivity index (χ0n) is 13.9. The van der Waals surface area contributed by atoms with E-state index in [9.17, 15) is 14.4 Å². The van der Waals surface area contributed by atoms with Gasteiger partial charge in [-0.15, -0.1) is 0 Å². The molecule has 0 aliphatic carbocycles. The summed E-state index contributed by atoms with van der Waals surface area (Å²) in [5.41, 5.74) is -0.365. The molecule has 1 amide bonds. The van der Waals surface area contributed by atoms with Crippen molar-refractivity contribution in [2.45, 2.75) is 12.8 Å². The number of amides is 1. The van der Waals surface area contributed by atoms with Gasteiger partial charge in [0, 0.05) is 17.1 Å². The molecule has 0 spiro atoms. The molecule has 0 saturated carbocycles. The zero-order valence-corrected chi connectivity index (χ0v) is 15.4. The molecule has 0 aromatic heterocycles. The van der Waals surface area contributed by atoms with Crippen molar-refractivity contribution in [3.05, 3.63) is 57.6 Å². The molecule has 2 aromatic carbocycles. The van der Waals surface area contributed by atoms with Crippen LogP contribution >= 0.6 is 23.2 Å². The predicted octanol–water partition coefficient (Wildman–Crippen LogP) is 4.19. The number of carbonyl (C=O) groups excluding carboxylic acids is 1. The lowest BCUT2D eigenvalue weighted by molar-refractivity contribution is -0.116. The Morgan fingerprint density at radius 1 is 0.963 bits per heavy atom. The van der Waals surface area contributed by atoms with Gasteiger partial charge < -0.3 is 20.3 Å². The standard InChI is InChI=1S/C18H15Cl2NO6/c19-12-3-4-15(14(20)9-12)27-5-1-2-16(22)21-13-7-10(17(23)24)6-11(8-13)18(25)26/h3-4,6-9H,1-2,5H2,(H,21,22)(H,23,24)(H,25,26). The summed E-state index contributed by atoms with van der Waals surface area (Å²) in [6.07, 6.45) is 0.458. The van der Waals surface area contributed by atoms with E-state index >= 15 is 0 Å². The predicted molar refractivity (Wildman–Crippen MR) is 100 cm³/mol. The highest BCUT2D eigenvalue weighted by atomic mass is 35.5. The molecule has 9 heteroatoms. The fourth-order valence-corrected chi connectivity index (χ4v) is 2.64. The lowest BCUT2D eigenvalue weighted by Gasteiger charge is -2.09. The average Bonchev–Trinajstić information content (AvgIpc) is 2.59. The molecule has 2 rings (SSSR count). The van der Waals surface area contributed by atoms with Gasteiger partial charge in [0.05, 0.1) is 22.8 Å². The van der Waals surface area contributed by atoms with Crippen LogP contribution < -0.4 is 10.1 Å². The van der Waals surface area contributed by atoms with Gasteiger partial charge >= 0.3 is 11.9 Å². The molecule has 142 valence electrons. The Balaban J connectivity index is 1.90. The van der Waals surface area contributed by atoms with Gasteiger partial charge in [-0.3, -0.25) is 4.79 Å². The molecule has 3 N–H and O–H groups in total. The van der Waals surface area contributed by atoms with Gasteiger partial charge in [-0.2, -0.15) is 0 Å². The topological polar surface area (TPSA) is 113 Å². The summed E-state index contributed by atoms with van der Waals surface area (Å²) in [5, 5.41) is 21.4. The lowest BCUT2D eigenvalue weighted by Crippen LogP contribution is -2.14. The number of carboxylic acids is 2. The Labute approximate surface area is 164 Å². The zero-order chi connectivity index (χ0) is 20.0. The molecule has 7 nitrogen and oxygen atoms in total. The van der Waals surface area contributed by atoms with E-state index in [0.29, 0.717) is 22.2 Å². The molecular weight excluding hydrogens is 397 g/mol. The Bertz CT molecular complexity index is 852. The molecule has 27 heavy (non-hydrogen) atoms. The molecule has 0 atom stereocenters. The van der Waals surface area contributed by atoms with Gasteiger partial charge in [0.1, 0.15) is 5.75 Å². The largest absolute Gasteiger partial charge is 0.492 e. The van der Waals surface area contributed by atoms with E-state index in [1.165, 1.54) is 12.1 Å². The quantitative estimate of drug-likeness (QED) is 0.561. The molecule has 0 aliphatic rings. The Morgan fingerprint density at radius 3 is 2.15 bits per heavy atom. The monoisotopic (exact) mass is 411 g/mol. The van der Waals surface area contributed by atoms with Crippen molar-refractivity contribution in [1.82, 2.24) is 0 Å². The van der Waals surface area contributed by atoms with Crippen LogP contribution in [0.5, 0.6) is 5.75 Å². The SMILES string of the molecule is O=C(CCCOc1ccc(Cl)cc1Cl)Nc1cc(C(=O)O)cc(C(=O)O)c1. The number of ether oxygens (including phenoxy) is 1. The first-order valence-electron chi connectivity index (χ1n) is 7.75. The third-order valence-corrected chi connectivity index (χ3v) is 3.94. The maximum atomic E-state index is 12.0. The fraction of sp³-hybridized carbons (Fsp3) is 0.167. The van der Waals surface area contributed by atoms with Crippen LogP contribution in [0.15, 0.2) is 36.4 Å². The molecular formula is C18H15Cl2NO6. The number of carboxylic acid groups (broad SMARTS) is 2. The second-order valence-corrected chi connectivity index (χ2v) is 6.33. The van der Waals surface area contributed by atoms with E-state index < -0.39 is 17.8 Å². The second kappa shape index (κ2) is 9.25. The van der Waals surface area contributed by atoms with Crippen LogP contribution in [-0.2, 0) is 4.79 Å². The first-order valence-corrected chi connectivity index (χ1v) is 8.51. The highest BCUT2D eigenvalue weighted by Crippen LogP contribution is 2.27. The number of hydrogen-bond acceptors (Lipinski definition) is 4. The van der Waals surface area contributed by atoms with Crippen LogP contribution in [0.25, 0.3) is 0 Å². The van der Waals surface area contributed by atoms with E-state index in [0.717, 1.165) is 6.07 Å². The van der Waals surface area contributed by atoms with Crippen LogP contribution in [0.4, 0.5) is 5.69 Å². The highest BCUT2D eigenvalue weighted by Gasteiger charge is 2.13. The van der Waals surface area contributed by atoms with E-state index in [1.807, 2.05) is 0 Å². The van der Waals surface area contributed by atoms with Gasteiger partial charge in [0.2, 0.25) is 5.91 Å². The van der Waals surface area contributed by atoms with Gasteiger partial charge in [-0.25, -0.2) is 9.59 Å². The number of hydrogen-bond donors (Lipinski definition) is 3. The maximum absolute atomic E-state index is 12.0. The smallest absolute Gasteiger partial charge is 0.335 e.